The molecule has 1 aromatic carbocycles. The lowest BCUT2D eigenvalue weighted by atomic mass is 10.3. The zero-order valence-electron chi connectivity index (χ0n) is 8.47. The van der Waals surface area contributed by atoms with Gasteiger partial charge in [-0.3, -0.25) is 0 Å². The van der Waals surface area contributed by atoms with E-state index in [1.54, 1.807) is 23.5 Å². The summed E-state index contributed by atoms with van der Waals surface area (Å²) in [5, 5.41) is 11.4. The van der Waals surface area contributed by atoms with Gasteiger partial charge in [0.2, 0.25) is 0 Å². The molecule has 0 bridgehead atoms. The molecular formula is C12H10N2OS. The highest BCUT2D eigenvalue weighted by Gasteiger charge is 2.04. The van der Waals surface area contributed by atoms with Crippen LogP contribution in [0.1, 0.15) is 10.7 Å². The fourth-order valence-electron chi connectivity index (χ4n) is 1.71. The maximum Gasteiger partial charge on any atom is 0.117 e. The number of fused-ring (bicyclic) bond motifs is 1. The molecule has 0 aliphatic carbocycles. The summed E-state index contributed by atoms with van der Waals surface area (Å²) in [5.74, 6) is 1.20. The van der Waals surface area contributed by atoms with Crippen LogP contribution in [0.15, 0.2) is 35.7 Å². The highest BCUT2D eigenvalue weighted by Crippen LogP contribution is 2.19. The fraction of sp³-hybridized carbons (Fsp3) is 0.0833. The number of imidazole rings is 1. The molecule has 3 aromatic rings. The quantitative estimate of drug-likeness (QED) is 0.711. The monoisotopic (exact) mass is 230 g/mol. The van der Waals surface area contributed by atoms with Gasteiger partial charge in [-0.15, -0.1) is 11.3 Å². The predicted molar refractivity (Wildman–Crippen MR) is 64.9 cm³/mol. The molecule has 0 unspecified atom stereocenters. The maximum absolute atomic E-state index is 9.35. The largest absolute Gasteiger partial charge is 0.508 e. The Balaban J connectivity index is 1.99. The van der Waals surface area contributed by atoms with E-state index >= 15 is 0 Å². The van der Waals surface area contributed by atoms with Gasteiger partial charge in [-0.25, -0.2) is 4.98 Å². The highest BCUT2D eigenvalue weighted by atomic mass is 32.1. The van der Waals surface area contributed by atoms with Crippen molar-refractivity contribution in [2.75, 3.05) is 0 Å². The minimum Gasteiger partial charge on any atom is -0.508 e. The SMILES string of the molecule is Oc1ccc2nc(Cc3cccs3)[nH]c2c1. The first kappa shape index (κ1) is 9.42. The third-order valence-corrected chi connectivity index (χ3v) is 3.31. The molecule has 0 saturated carbocycles. The lowest BCUT2D eigenvalue weighted by Crippen LogP contribution is -1.86. The number of hydrogen-bond donors (Lipinski definition) is 2. The van der Waals surface area contributed by atoms with Crippen LogP contribution in [0.25, 0.3) is 11.0 Å². The average molecular weight is 230 g/mol. The first-order valence-electron chi connectivity index (χ1n) is 5.01. The molecule has 4 heteroatoms. The minimum absolute atomic E-state index is 0.263. The molecule has 0 saturated heterocycles. The number of benzene rings is 1. The number of phenols is 1. The highest BCUT2D eigenvalue weighted by molar-refractivity contribution is 7.09. The van der Waals surface area contributed by atoms with Gasteiger partial charge in [0.25, 0.3) is 0 Å². The van der Waals surface area contributed by atoms with Crippen molar-refractivity contribution < 1.29 is 5.11 Å². The number of phenolic OH excluding ortho intramolecular Hbond substituents is 1. The normalized spacial score (nSPS) is 11.0. The van der Waals surface area contributed by atoms with Gasteiger partial charge in [0.15, 0.2) is 0 Å². The molecular weight excluding hydrogens is 220 g/mol. The molecule has 3 nitrogen and oxygen atoms in total. The Morgan fingerprint density at radius 3 is 3.06 bits per heavy atom. The lowest BCUT2D eigenvalue weighted by Gasteiger charge is -1.90. The second-order valence-electron chi connectivity index (χ2n) is 3.64. The van der Waals surface area contributed by atoms with E-state index in [1.165, 1.54) is 4.88 Å². The Labute approximate surface area is 96.4 Å². The minimum atomic E-state index is 0.263. The van der Waals surface area contributed by atoms with Gasteiger partial charge in [0, 0.05) is 17.4 Å². The predicted octanol–water partition coefficient (Wildman–Crippen LogP) is 2.92. The molecule has 0 radical (unpaired) electrons. The zero-order valence-corrected chi connectivity index (χ0v) is 9.29. The van der Waals surface area contributed by atoms with Crippen molar-refractivity contribution in [2.45, 2.75) is 6.42 Å². The molecule has 3 rings (SSSR count). The summed E-state index contributed by atoms with van der Waals surface area (Å²) in [6.07, 6.45) is 0.813. The Kier molecular flexibility index (Phi) is 2.15. The van der Waals surface area contributed by atoms with Gasteiger partial charge in [0.05, 0.1) is 11.0 Å². The molecule has 0 fully saturated rings. The molecule has 0 amide bonds. The molecule has 80 valence electrons. The Morgan fingerprint density at radius 2 is 2.25 bits per heavy atom. The van der Waals surface area contributed by atoms with E-state index in [-0.39, 0.29) is 5.75 Å². The van der Waals surface area contributed by atoms with E-state index in [2.05, 4.69) is 21.4 Å². The van der Waals surface area contributed by atoms with Crippen LogP contribution in [-0.2, 0) is 6.42 Å². The number of aromatic nitrogens is 2. The van der Waals surface area contributed by atoms with E-state index in [1.807, 2.05) is 12.1 Å². The van der Waals surface area contributed by atoms with E-state index < -0.39 is 0 Å². The van der Waals surface area contributed by atoms with Gasteiger partial charge >= 0.3 is 0 Å². The Bertz CT molecular complexity index is 613. The smallest absolute Gasteiger partial charge is 0.117 e. The zero-order chi connectivity index (χ0) is 11.0. The molecule has 0 aliphatic rings. The van der Waals surface area contributed by atoms with Crippen molar-refractivity contribution in [2.24, 2.45) is 0 Å². The van der Waals surface area contributed by atoms with Gasteiger partial charge < -0.3 is 10.1 Å². The van der Waals surface area contributed by atoms with Crippen LogP contribution < -0.4 is 0 Å². The lowest BCUT2D eigenvalue weighted by molar-refractivity contribution is 0.476. The van der Waals surface area contributed by atoms with Gasteiger partial charge in [-0.2, -0.15) is 0 Å². The second kappa shape index (κ2) is 3.64. The number of rotatable bonds is 2. The van der Waals surface area contributed by atoms with E-state index in [4.69, 9.17) is 0 Å². The van der Waals surface area contributed by atoms with Crippen molar-refractivity contribution in [1.82, 2.24) is 9.97 Å². The third kappa shape index (κ3) is 1.67. The summed E-state index contributed by atoms with van der Waals surface area (Å²) >= 11 is 1.72. The summed E-state index contributed by atoms with van der Waals surface area (Å²) in [6, 6.07) is 9.29. The molecule has 2 heterocycles. The molecule has 16 heavy (non-hydrogen) atoms. The summed E-state index contributed by atoms with van der Waals surface area (Å²) in [4.78, 5) is 8.96. The second-order valence-corrected chi connectivity index (χ2v) is 4.67. The number of nitrogens with one attached hydrogen (secondary N) is 1. The third-order valence-electron chi connectivity index (χ3n) is 2.44. The van der Waals surface area contributed by atoms with Crippen LogP contribution >= 0.6 is 11.3 Å². The number of thiophene rings is 1. The van der Waals surface area contributed by atoms with Crippen LogP contribution in [0.3, 0.4) is 0 Å². The number of aromatic amines is 1. The topological polar surface area (TPSA) is 48.9 Å². The van der Waals surface area contributed by atoms with Crippen LogP contribution in [0, 0.1) is 0 Å². The number of aromatic hydroxyl groups is 1. The number of nitrogens with zero attached hydrogens (tertiary/aromatic N) is 1. The van der Waals surface area contributed by atoms with Crippen LogP contribution in [-0.4, -0.2) is 15.1 Å². The van der Waals surface area contributed by atoms with Gasteiger partial charge in [0.1, 0.15) is 11.6 Å². The number of H-pyrrole nitrogens is 1. The van der Waals surface area contributed by atoms with Gasteiger partial charge in [-0.05, 0) is 23.6 Å². The van der Waals surface area contributed by atoms with E-state index in [0.717, 1.165) is 23.3 Å². The summed E-state index contributed by atoms with van der Waals surface area (Å²) in [6.45, 7) is 0. The van der Waals surface area contributed by atoms with Crippen LogP contribution in [0.4, 0.5) is 0 Å². The maximum atomic E-state index is 9.35. The van der Waals surface area contributed by atoms with Crippen LogP contribution in [0.2, 0.25) is 0 Å². The first-order valence-corrected chi connectivity index (χ1v) is 5.89. The summed E-state index contributed by atoms with van der Waals surface area (Å²) in [7, 11) is 0. The molecule has 2 aromatic heterocycles. The fourth-order valence-corrected chi connectivity index (χ4v) is 2.42. The standard InChI is InChI=1S/C12H10N2OS/c15-8-3-4-10-11(6-8)14-12(13-10)7-9-2-1-5-16-9/h1-6,15H,7H2,(H,13,14). The van der Waals surface area contributed by atoms with Crippen molar-refractivity contribution in [3.63, 3.8) is 0 Å². The van der Waals surface area contributed by atoms with Crippen molar-refractivity contribution in [3.05, 3.63) is 46.4 Å². The average Bonchev–Trinajstić information content (AvgIpc) is 2.86. The molecule has 0 atom stereocenters. The number of hydrogen-bond acceptors (Lipinski definition) is 3. The van der Waals surface area contributed by atoms with E-state index in [9.17, 15) is 5.11 Å². The first-order chi connectivity index (χ1) is 7.81. The summed E-state index contributed by atoms with van der Waals surface area (Å²) < 4.78 is 0. The van der Waals surface area contributed by atoms with Gasteiger partial charge in [-0.1, -0.05) is 6.07 Å². The van der Waals surface area contributed by atoms with Crippen LogP contribution in [0.5, 0.6) is 5.75 Å². The molecule has 2 N–H and O–H groups in total. The van der Waals surface area contributed by atoms with Crippen molar-refractivity contribution in [1.29, 1.82) is 0 Å². The van der Waals surface area contributed by atoms with E-state index in [0.29, 0.717) is 0 Å². The van der Waals surface area contributed by atoms with Crippen molar-refractivity contribution >= 4 is 22.4 Å². The van der Waals surface area contributed by atoms with Crippen molar-refractivity contribution in [3.8, 4) is 5.75 Å². The Morgan fingerprint density at radius 1 is 1.31 bits per heavy atom. The Hall–Kier alpha value is -1.81. The summed E-state index contributed by atoms with van der Waals surface area (Å²) in [5.41, 5.74) is 1.77. The molecule has 0 spiro atoms. The molecule has 0 aliphatic heterocycles.